The largest absolute Gasteiger partial charge is 0.480 e. The highest BCUT2D eigenvalue weighted by molar-refractivity contribution is 6.32. The summed E-state index contributed by atoms with van der Waals surface area (Å²) in [6.45, 7) is 1.84. The van der Waals surface area contributed by atoms with Crippen molar-refractivity contribution in [2.24, 2.45) is 7.05 Å². The Morgan fingerprint density at radius 3 is 2.40 bits per heavy atom. The molecule has 1 rings (SSSR count). The van der Waals surface area contributed by atoms with Crippen LogP contribution < -0.4 is 4.74 Å². The highest BCUT2D eigenvalue weighted by Gasteiger charge is 2.09. The number of hydrogen-bond donors (Lipinski definition) is 0. The Hall–Kier alpha value is -0.700. The third-order valence-electron chi connectivity index (χ3n) is 1.29. The summed E-state index contributed by atoms with van der Waals surface area (Å²) in [5.41, 5.74) is 0.793. The molecule has 0 amide bonds. The van der Waals surface area contributed by atoms with Gasteiger partial charge in [-0.15, -0.1) is 0 Å². The van der Waals surface area contributed by atoms with Crippen molar-refractivity contribution in [1.29, 1.82) is 0 Å². The first-order valence-corrected chi connectivity index (χ1v) is 3.27. The number of hydrogen-bond acceptors (Lipinski definition) is 2. The molecule has 1 aromatic rings. The molecule has 0 aromatic carbocycles. The first-order valence-electron chi connectivity index (χ1n) is 2.90. The summed E-state index contributed by atoms with van der Waals surface area (Å²) in [5.74, 6) is 0.610. The number of aromatic nitrogens is 2. The van der Waals surface area contributed by atoms with Crippen LogP contribution in [0.15, 0.2) is 0 Å². The molecule has 0 aliphatic rings. The van der Waals surface area contributed by atoms with E-state index in [0.29, 0.717) is 10.9 Å². The first-order chi connectivity index (χ1) is 4.66. The van der Waals surface area contributed by atoms with Crippen LogP contribution in [-0.2, 0) is 7.05 Å². The molecule has 1 aromatic heterocycles. The number of aryl methyl sites for hydroxylation is 2. The monoisotopic (exact) mass is 160 g/mol. The average molecular weight is 161 g/mol. The lowest BCUT2D eigenvalue weighted by molar-refractivity contribution is 0.373. The standard InChI is InChI=1S/C6H9ClN2O/c1-4-5(7)6(10-3)9(2)8-4/h1-3H3. The Balaban J connectivity index is 3.20. The second-order valence-corrected chi connectivity index (χ2v) is 2.41. The zero-order valence-electron chi connectivity index (χ0n) is 6.18. The molecule has 0 atom stereocenters. The predicted molar refractivity (Wildman–Crippen MR) is 39.5 cm³/mol. The smallest absolute Gasteiger partial charge is 0.230 e. The quantitative estimate of drug-likeness (QED) is 0.621. The van der Waals surface area contributed by atoms with Crippen LogP contribution in [0.1, 0.15) is 5.69 Å². The summed E-state index contributed by atoms with van der Waals surface area (Å²) in [6, 6.07) is 0. The number of ether oxygens (including phenoxy) is 1. The minimum Gasteiger partial charge on any atom is -0.480 e. The van der Waals surface area contributed by atoms with E-state index in [1.807, 2.05) is 6.92 Å². The molecule has 56 valence electrons. The molecule has 0 saturated heterocycles. The number of halogens is 1. The average Bonchev–Trinajstić information content (AvgIpc) is 2.09. The summed E-state index contributed by atoms with van der Waals surface area (Å²) in [4.78, 5) is 0. The van der Waals surface area contributed by atoms with Gasteiger partial charge in [0.2, 0.25) is 5.88 Å². The SMILES string of the molecule is COc1c(Cl)c(C)nn1C. The van der Waals surface area contributed by atoms with Crippen molar-refractivity contribution in [3.63, 3.8) is 0 Å². The minimum atomic E-state index is 0.588. The zero-order valence-corrected chi connectivity index (χ0v) is 6.94. The lowest BCUT2D eigenvalue weighted by atomic mass is 10.5. The van der Waals surface area contributed by atoms with Gasteiger partial charge < -0.3 is 4.74 Å². The summed E-state index contributed by atoms with van der Waals surface area (Å²) >= 11 is 5.81. The van der Waals surface area contributed by atoms with E-state index >= 15 is 0 Å². The third-order valence-corrected chi connectivity index (χ3v) is 1.73. The van der Waals surface area contributed by atoms with Crippen molar-refractivity contribution in [2.75, 3.05) is 7.11 Å². The van der Waals surface area contributed by atoms with E-state index in [0.717, 1.165) is 5.69 Å². The van der Waals surface area contributed by atoms with Crippen LogP contribution in [0.4, 0.5) is 0 Å². The second kappa shape index (κ2) is 2.50. The van der Waals surface area contributed by atoms with Gasteiger partial charge in [-0.25, -0.2) is 4.68 Å². The lowest BCUT2D eigenvalue weighted by Crippen LogP contribution is -1.94. The Labute approximate surface area is 64.6 Å². The Morgan fingerprint density at radius 2 is 2.20 bits per heavy atom. The molecule has 0 aliphatic carbocycles. The summed E-state index contributed by atoms with van der Waals surface area (Å²) in [5, 5.41) is 4.63. The van der Waals surface area contributed by atoms with E-state index in [1.165, 1.54) is 0 Å². The fraction of sp³-hybridized carbons (Fsp3) is 0.500. The van der Waals surface area contributed by atoms with Gasteiger partial charge >= 0.3 is 0 Å². The van der Waals surface area contributed by atoms with Gasteiger partial charge in [0, 0.05) is 7.05 Å². The van der Waals surface area contributed by atoms with E-state index < -0.39 is 0 Å². The van der Waals surface area contributed by atoms with Crippen LogP contribution in [0.3, 0.4) is 0 Å². The van der Waals surface area contributed by atoms with Crippen molar-refractivity contribution >= 4 is 11.6 Å². The molecule has 3 nitrogen and oxygen atoms in total. The maximum Gasteiger partial charge on any atom is 0.230 e. The van der Waals surface area contributed by atoms with E-state index in [4.69, 9.17) is 16.3 Å². The van der Waals surface area contributed by atoms with E-state index in [9.17, 15) is 0 Å². The normalized spacial score (nSPS) is 10.0. The van der Waals surface area contributed by atoms with Gasteiger partial charge in [-0.1, -0.05) is 11.6 Å². The lowest BCUT2D eigenvalue weighted by Gasteiger charge is -1.97. The van der Waals surface area contributed by atoms with Gasteiger partial charge in [0.15, 0.2) is 0 Å². The minimum absolute atomic E-state index is 0.588. The number of rotatable bonds is 1. The van der Waals surface area contributed by atoms with Gasteiger partial charge in [0.25, 0.3) is 0 Å². The van der Waals surface area contributed by atoms with Crippen molar-refractivity contribution in [3.05, 3.63) is 10.7 Å². The molecule has 4 heteroatoms. The van der Waals surface area contributed by atoms with Crippen molar-refractivity contribution in [3.8, 4) is 5.88 Å². The molecule has 0 fully saturated rings. The fourth-order valence-electron chi connectivity index (χ4n) is 0.833. The van der Waals surface area contributed by atoms with Crippen LogP contribution in [0.5, 0.6) is 5.88 Å². The molecular weight excluding hydrogens is 152 g/mol. The molecule has 10 heavy (non-hydrogen) atoms. The second-order valence-electron chi connectivity index (χ2n) is 2.03. The molecule has 0 bridgehead atoms. The molecule has 0 unspecified atom stereocenters. The van der Waals surface area contributed by atoms with Gasteiger partial charge in [0.1, 0.15) is 5.02 Å². The van der Waals surface area contributed by atoms with Crippen LogP contribution >= 0.6 is 11.6 Å². The number of methoxy groups -OCH3 is 1. The summed E-state index contributed by atoms with van der Waals surface area (Å²) in [6.07, 6.45) is 0. The van der Waals surface area contributed by atoms with Crippen LogP contribution in [0.25, 0.3) is 0 Å². The first kappa shape index (κ1) is 7.41. The van der Waals surface area contributed by atoms with Crippen molar-refractivity contribution in [2.45, 2.75) is 6.92 Å². The van der Waals surface area contributed by atoms with Crippen LogP contribution in [0.2, 0.25) is 5.02 Å². The van der Waals surface area contributed by atoms with Crippen molar-refractivity contribution < 1.29 is 4.74 Å². The Bertz CT molecular complexity index is 244. The van der Waals surface area contributed by atoms with Crippen LogP contribution in [-0.4, -0.2) is 16.9 Å². The maximum atomic E-state index is 5.81. The predicted octanol–water partition coefficient (Wildman–Crippen LogP) is 1.39. The van der Waals surface area contributed by atoms with Crippen molar-refractivity contribution in [1.82, 2.24) is 9.78 Å². The van der Waals surface area contributed by atoms with Gasteiger partial charge in [0.05, 0.1) is 12.8 Å². The van der Waals surface area contributed by atoms with Crippen LogP contribution in [0, 0.1) is 6.92 Å². The van der Waals surface area contributed by atoms with Gasteiger partial charge in [-0.3, -0.25) is 0 Å². The fourth-order valence-corrected chi connectivity index (χ4v) is 1.07. The van der Waals surface area contributed by atoms with Gasteiger partial charge in [-0.05, 0) is 6.92 Å². The van der Waals surface area contributed by atoms with E-state index in [-0.39, 0.29) is 0 Å². The maximum absolute atomic E-state index is 5.81. The summed E-state index contributed by atoms with van der Waals surface area (Å²) < 4.78 is 6.57. The van der Waals surface area contributed by atoms with E-state index in [1.54, 1.807) is 18.8 Å². The van der Waals surface area contributed by atoms with Gasteiger partial charge in [-0.2, -0.15) is 5.10 Å². The number of nitrogens with zero attached hydrogens (tertiary/aromatic N) is 2. The third kappa shape index (κ3) is 0.968. The molecular formula is C6H9ClN2O. The van der Waals surface area contributed by atoms with E-state index in [2.05, 4.69) is 5.10 Å². The topological polar surface area (TPSA) is 27.1 Å². The zero-order chi connectivity index (χ0) is 7.72. The Morgan fingerprint density at radius 1 is 1.60 bits per heavy atom. The Kier molecular flexibility index (Phi) is 1.85. The molecule has 0 radical (unpaired) electrons. The molecule has 1 heterocycles. The molecule has 0 spiro atoms. The summed E-state index contributed by atoms with van der Waals surface area (Å²) in [7, 11) is 3.36. The highest BCUT2D eigenvalue weighted by Crippen LogP contribution is 2.25. The molecule has 0 saturated carbocycles. The molecule has 0 aliphatic heterocycles. The highest BCUT2D eigenvalue weighted by atomic mass is 35.5. The molecule has 0 N–H and O–H groups in total.